The van der Waals surface area contributed by atoms with Gasteiger partial charge in [-0.15, -0.1) is 0 Å². The summed E-state index contributed by atoms with van der Waals surface area (Å²) in [7, 11) is 4.54. The molecule has 32 heavy (non-hydrogen) atoms. The SMILES string of the molecule is COCCN1C(=O)C(Nc2cc(OC)ccc2OC)=C(c2ccc(NC(C)=O)cc2)C1=O. The minimum atomic E-state index is -0.474. The first kappa shape index (κ1) is 22.8. The maximum Gasteiger partial charge on any atom is 0.278 e. The fraction of sp³-hybridized carbons (Fsp3) is 0.261. The molecule has 0 bridgehead atoms. The van der Waals surface area contributed by atoms with E-state index < -0.39 is 11.8 Å². The van der Waals surface area contributed by atoms with Gasteiger partial charge in [-0.1, -0.05) is 12.1 Å². The molecule has 0 saturated carbocycles. The van der Waals surface area contributed by atoms with Gasteiger partial charge in [0.2, 0.25) is 5.91 Å². The Morgan fingerprint density at radius 3 is 2.28 bits per heavy atom. The number of nitrogens with one attached hydrogen (secondary N) is 2. The largest absolute Gasteiger partial charge is 0.497 e. The Kier molecular flexibility index (Phi) is 7.11. The molecule has 2 aromatic rings. The Hall–Kier alpha value is -3.85. The standard InChI is InChI=1S/C23H25N3O6/c1-14(27)24-16-7-5-15(6-8-16)20-21(23(29)26(22(20)28)11-12-30-2)25-18-13-17(31-3)9-10-19(18)32-4/h5-10,13,25H,11-12H2,1-4H3,(H,24,27). The summed E-state index contributed by atoms with van der Waals surface area (Å²) in [6.45, 7) is 1.73. The van der Waals surface area contributed by atoms with Crippen molar-refractivity contribution >= 4 is 34.7 Å². The molecule has 0 unspecified atom stereocenters. The molecule has 0 radical (unpaired) electrons. The Balaban J connectivity index is 2.06. The Morgan fingerprint density at radius 1 is 0.969 bits per heavy atom. The van der Waals surface area contributed by atoms with E-state index in [-0.39, 0.29) is 30.3 Å². The molecule has 3 rings (SSSR count). The minimum absolute atomic E-state index is 0.113. The third-order valence-electron chi connectivity index (χ3n) is 4.85. The van der Waals surface area contributed by atoms with E-state index in [0.29, 0.717) is 28.4 Å². The molecule has 1 heterocycles. The minimum Gasteiger partial charge on any atom is -0.497 e. The lowest BCUT2D eigenvalue weighted by Crippen LogP contribution is -2.35. The van der Waals surface area contributed by atoms with Gasteiger partial charge in [-0.2, -0.15) is 0 Å². The number of hydrogen-bond donors (Lipinski definition) is 2. The number of methoxy groups -OCH3 is 3. The Labute approximate surface area is 185 Å². The van der Waals surface area contributed by atoms with E-state index in [1.54, 1.807) is 42.5 Å². The number of rotatable bonds is 9. The van der Waals surface area contributed by atoms with Gasteiger partial charge < -0.3 is 24.8 Å². The molecular formula is C23H25N3O6. The van der Waals surface area contributed by atoms with E-state index in [2.05, 4.69) is 10.6 Å². The van der Waals surface area contributed by atoms with Crippen LogP contribution in [0.1, 0.15) is 12.5 Å². The molecule has 168 valence electrons. The number of hydrogen-bond acceptors (Lipinski definition) is 7. The molecule has 0 aromatic heterocycles. The molecule has 1 aliphatic rings. The molecular weight excluding hydrogens is 414 g/mol. The van der Waals surface area contributed by atoms with Gasteiger partial charge in [0.05, 0.1) is 38.6 Å². The second kappa shape index (κ2) is 9.97. The van der Waals surface area contributed by atoms with Crippen LogP contribution < -0.4 is 20.1 Å². The van der Waals surface area contributed by atoms with E-state index in [4.69, 9.17) is 14.2 Å². The average Bonchev–Trinajstić information content (AvgIpc) is 3.01. The van der Waals surface area contributed by atoms with Gasteiger partial charge in [-0.3, -0.25) is 19.3 Å². The second-order valence-electron chi connectivity index (χ2n) is 6.95. The number of carbonyl (C=O) groups excluding carboxylic acids is 3. The monoisotopic (exact) mass is 439 g/mol. The number of nitrogens with zero attached hydrogens (tertiary/aromatic N) is 1. The molecule has 9 nitrogen and oxygen atoms in total. The quantitative estimate of drug-likeness (QED) is 0.578. The van der Waals surface area contributed by atoms with Gasteiger partial charge in [0, 0.05) is 25.8 Å². The number of benzene rings is 2. The van der Waals surface area contributed by atoms with Crippen molar-refractivity contribution in [2.75, 3.05) is 45.1 Å². The van der Waals surface area contributed by atoms with Gasteiger partial charge in [-0.05, 0) is 29.8 Å². The van der Waals surface area contributed by atoms with Crippen molar-refractivity contribution in [1.82, 2.24) is 4.90 Å². The summed E-state index contributed by atoms with van der Waals surface area (Å²) in [6, 6.07) is 11.8. The first-order valence-corrected chi connectivity index (χ1v) is 9.86. The number of imide groups is 1. The fourth-order valence-corrected chi connectivity index (χ4v) is 3.32. The van der Waals surface area contributed by atoms with E-state index >= 15 is 0 Å². The predicted molar refractivity (Wildman–Crippen MR) is 119 cm³/mol. The van der Waals surface area contributed by atoms with E-state index in [1.807, 2.05) is 0 Å². The summed E-state index contributed by atoms with van der Waals surface area (Å²) in [5.41, 5.74) is 1.92. The van der Waals surface area contributed by atoms with Crippen LogP contribution in [0, 0.1) is 0 Å². The van der Waals surface area contributed by atoms with Crippen molar-refractivity contribution in [2.24, 2.45) is 0 Å². The second-order valence-corrected chi connectivity index (χ2v) is 6.95. The molecule has 0 atom stereocenters. The summed E-state index contributed by atoms with van der Waals surface area (Å²) >= 11 is 0. The van der Waals surface area contributed by atoms with Crippen LogP contribution in [-0.4, -0.2) is 57.1 Å². The molecule has 9 heteroatoms. The van der Waals surface area contributed by atoms with Crippen molar-refractivity contribution in [3.05, 3.63) is 53.7 Å². The lowest BCUT2D eigenvalue weighted by molar-refractivity contribution is -0.137. The van der Waals surface area contributed by atoms with E-state index in [9.17, 15) is 14.4 Å². The van der Waals surface area contributed by atoms with Crippen LogP contribution in [0.2, 0.25) is 0 Å². The first-order chi connectivity index (χ1) is 15.4. The molecule has 1 aliphatic heterocycles. The molecule has 0 aliphatic carbocycles. The van der Waals surface area contributed by atoms with Crippen LogP contribution >= 0.6 is 0 Å². The fourth-order valence-electron chi connectivity index (χ4n) is 3.32. The molecule has 0 saturated heterocycles. The van der Waals surface area contributed by atoms with Crippen molar-refractivity contribution in [3.8, 4) is 11.5 Å². The zero-order valence-electron chi connectivity index (χ0n) is 18.4. The van der Waals surface area contributed by atoms with Gasteiger partial charge >= 0.3 is 0 Å². The van der Waals surface area contributed by atoms with Crippen LogP contribution in [0.5, 0.6) is 11.5 Å². The topological polar surface area (TPSA) is 106 Å². The average molecular weight is 439 g/mol. The van der Waals surface area contributed by atoms with Crippen LogP contribution in [0.25, 0.3) is 5.57 Å². The van der Waals surface area contributed by atoms with Gasteiger partial charge in [0.1, 0.15) is 17.2 Å². The zero-order valence-corrected chi connectivity index (χ0v) is 18.4. The number of carbonyl (C=O) groups is 3. The lowest BCUT2D eigenvalue weighted by Gasteiger charge is -2.15. The molecule has 0 fully saturated rings. The Bertz CT molecular complexity index is 1060. The van der Waals surface area contributed by atoms with Crippen molar-refractivity contribution in [1.29, 1.82) is 0 Å². The van der Waals surface area contributed by atoms with E-state index in [1.165, 1.54) is 28.3 Å². The highest BCUT2D eigenvalue weighted by molar-refractivity contribution is 6.36. The van der Waals surface area contributed by atoms with E-state index in [0.717, 1.165) is 4.90 Å². The van der Waals surface area contributed by atoms with Crippen LogP contribution in [0.4, 0.5) is 11.4 Å². The highest BCUT2D eigenvalue weighted by atomic mass is 16.5. The van der Waals surface area contributed by atoms with Crippen LogP contribution in [0.15, 0.2) is 48.2 Å². The zero-order chi connectivity index (χ0) is 23.3. The molecule has 2 N–H and O–H groups in total. The summed E-state index contributed by atoms with van der Waals surface area (Å²) < 4.78 is 15.7. The van der Waals surface area contributed by atoms with Crippen LogP contribution in [-0.2, 0) is 19.1 Å². The molecule has 2 aromatic carbocycles. The Morgan fingerprint density at radius 2 is 1.69 bits per heavy atom. The van der Waals surface area contributed by atoms with Gasteiger partial charge in [-0.25, -0.2) is 0 Å². The van der Waals surface area contributed by atoms with Crippen molar-refractivity contribution < 1.29 is 28.6 Å². The maximum atomic E-state index is 13.2. The summed E-state index contributed by atoms with van der Waals surface area (Å²) in [4.78, 5) is 38.8. The summed E-state index contributed by atoms with van der Waals surface area (Å²) in [5.74, 6) is -0.0822. The lowest BCUT2D eigenvalue weighted by atomic mass is 10.0. The summed E-state index contributed by atoms with van der Waals surface area (Å²) in [6.07, 6.45) is 0. The van der Waals surface area contributed by atoms with Gasteiger partial charge in [0.15, 0.2) is 0 Å². The smallest absolute Gasteiger partial charge is 0.278 e. The normalized spacial score (nSPS) is 13.4. The number of anilines is 2. The molecule has 0 spiro atoms. The number of ether oxygens (including phenoxy) is 3. The summed E-state index contributed by atoms with van der Waals surface area (Å²) in [5, 5.41) is 5.75. The van der Waals surface area contributed by atoms with Crippen LogP contribution in [0.3, 0.4) is 0 Å². The highest BCUT2D eigenvalue weighted by Crippen LogP contribution is 2.35. The highest BCUT2D eigenvalue weighted by Gasteiger charge is 2.39. The predicted octanol–water partition coefficient (Wildman–Crippen LogP) is 2.50. The third-order valence-corrected chi connectivity index (χ3v) is 4.85. The van der Waals surface area contributed by atoms with Crippen molar-refractivity contribution in [2.45, 2.75) is 6.92 Å². The third kappa shape index (κ3) is 4.73. The number of amides is 3. The maximum absolute atomic E-state index is 13.2. The van der Waals surface area contributed by atoms with Crippen molar-refractivity contribution in [3.63, 3.8) is 0 Å². The first-order valence-electron chi connectivity index (χ1n) is 9.86. The molecule has 3 amide bonds. The van der Waals surface area contributed by atoms with Gasteiger partial charge in [0.25, 0.3) is 11.8 Å².